The first-order valence-corrected chi connectivity index (χ1v) is 25.6. The van der Waals surface area contributed by atoms with Crippen molar-refractivity contribution in [3.05, 3.63) is 174 Å². The van der Waals surface area contributed by atoms with Crippen LogP contribution in [-0.4, -0.2) is 136 Å². The summed E-state index contributed by atoms with van der Waals surface area (Å²) >= 11 is 0. The molecule has 0 saturated heterocycles. The number of hydrogen-bond acceptors (Lipinski definition) is 18. The number of nitrogens with zero attached hydrogens (tertiary/aromatic N) is 10. The topological polar surface area (TPSA) is 296 Å². The smallest absolute Gasteiger partial charge is 1.00 e. The third-order valence-electron chi connectivity index (χ3n) is 11.3. The number of aromatic nitrogens is 12. The van der Waals surface area contributed by atoms with E-state index in [4.69, 9.17) is 24.1 Å². The molecular weight excluding hydrogens is 1320 g/mol. The molecule has 3 N–H and O–H groups in total. The summed E-state index contributed by atoms with van der Waals surface area (Å²) in [7, 11) is 4.52. The van der Waals surface area contributed by atoms with Crippen molar-refractivity contribution in [3.8, 4) is 23.3 Å². The van der Waals surface area contributed by atoms with Crippen molar-refractivity contribution in [1.82, 2.24) is 59.9 Å². The second-order valence-corrected chi connectivity index (χ2v) is 17.1. The van der Waals surface area contributed by atoms with Crippen LogP contribution in [0.4, 0.5) is 26.3 Å². The maximum absolute atomic E-state index is 14.5. The Morgan fingerprint density at radius 2 is 1.01 bits per heavy atom. The largest absolute Gasteiger partial charge is 1.00 e. The maximum atomic E-state index is 14.5. The van der Waals surface area contributed by atoms with Crippen LogP contribution in [0.3, 0.4) is 0 Å². The van der Waals surface area contributed by atoms with Crippen molar-refractivity contribution in [2.45, 2.75) is 33.1 Å². The molecule has 23 nitrogen and oxygen atoms in total. The molecule has 0 aliphatic rings. The number of esters is 3. The van der Waals surface area contributed by atoms with Crippen LogP contribution in [0, 0.1) is 11.8 Å². The number of alkyl halides is 3. The monoisotopic (exact) mass is 1370 g/mol. The minimum Gasteiger partial charge on any atom is -1.00 e. The van der Waals surface area contributed by atoms with Crippen LogP contribution in [0.5, 0.6) is 11.5 Å². The molecule has 8 aromatic heterocycles. The maximum Gasteiger partial charge on any atom is 1.00 e. The number of carboxylic acids is 1. The van der Waals surface area contributed by atoms with E-state index in [9.17, 15) is 45.5 Å². The van der Waals surface area contributed by atoms with Gasteiger partial charge in [0.25, 0.3) is 0 Å². The van der Waals surface area contributed by atoms with Crippen molar-refractivity contribution in [1.29, 1.82) is 0 Å². The number of rotatable bonds is 14. The fourth-order valence-corrected chi connectivity index (χ4v) is 7.44. The van der Waals surface area contributed by atoms with Gasteiger partial charge in [0, 0.05) is 46.9 Å². The van der Waals surface area contributed by atoms with Gasteiger partial charge < -0.3 is 33.5 Å². The van der Waals surface area contributed by atoms with Crippen molar-refractivity contribution < 1.29 is 153 Å². The van der Waals surface area contributed by atoms with Gasteiger partial charge in [-0.05, 0) is 104 Å². The van der Waals surface area contributed by atoms with Crippen LogP contribution >= 0.6 is 0 Å². The van der Waals surface area contributed by atoms with Crippen LogP contribution in [0.2, 0.25) is 0 Å². The standard InChI is InChI=1S/C19H18FN3O3.C18H15N3O3.C11H10FN3O2.C9H6FN3O2.C2HF3O.Cs.FH/c1-3-26-17(24)11-16(20)18-15-5-4-10-21-19(15)23(22-18)12-13-6-8-14(25-2)9-7-13;1-23-14-7-5-13(6-8-14)12-21-18-15(4-3-11-19-18)16(20-21)9-10-17(22)24-2;1-2-17-9(16)6-8(12)10-7-4-3-5-13-11(7)15-14-10;10-6(4-7(14)15)8-5-2-1-3-11-9(5)13-12-8;3-2(4,5)1-6;;/h4-11H,3,12H2,1-2H3;3-8,11H,12H2,1-2H3;3-6H,2H2,1H3,(H,13,14,15);1-4H,(H,14,15)(H,11,12,13);1H;;1H/q;;;;;+1;/p-1/b16-11-;;8-6-;6-4-;;;. The summed E-state index contributed by atoms with van der Waals surface area (Å²) in [6, 6.07) is 28.9. The average Bonchev–Trinajstić information content (AvgIpc) is 2.25. The number of H-pyrrole nitrogens is 2. The van der Waals surface area contributed by atoms with Gasteiger partial charge in [-0.3, -0.25) is 15.0 Å². The molecule has 10 rings (SSSR count). The number of carbonyl (C=O) groups excluding carboxylic acids is 4. The molecule has 0 radical (unpaired) electrons. The first kappa shape index (κ1) is 72.9. The average molecular weight is 1370 g/mol. The number of hydrogen-bond donors (Lipinski definition) is 3. The van der Waals surface area contributed by atoms with E-state index in [1.54, 1.807) is 92.4 Å². The van der Waals surface area contributed by atoms with Crippen LogP contribution in [0.25, 0.3) is 61.6 Å². The number of halogens is 7. The van der Waals surface area contributed by atoms with Gasteiger partial charge in [-0.2, -0.15) is 33.6 Å². The molecule has 10 aromatic rings. The zero-order valence-corrected chi connectivity index (χ0v) is 54.6. The molecule has 0 aliphatic carbocycles. The van der Waals surface area contributed by atoms with E-state index < -0.39 is 53.8 Å². The number of methoxy groups -OCH3 is 3. The van der Waals surface area contributed by atoms with Gasteiger partial charge in [0.2, 0.25) is 6.29 Å². The third kappa shape index (κ3) is 21.3. The van der Waals surface area contributed by atoms with Gasteiger partial charge >= 0.3 is 98.9 Å². The fourth-order valence-electron chi connectivity index (χ4n) is 7.44. The summed E-state index contributed by atoms with van der Waals surface area (Å²) in [4.78, 5) is 69.3. The van der Waals surface area contributed by atoms with E-state index >= 15 is 0 Å². The Hall–Kier alpha value is -9.59. The van der Waals surface area contributed by atoms with Crippen LogP contribution in [0.1, 0.15) is 47.8 Å². The molecule has 31 heteroatoms. The fraction of sp³-hybridized carbons (Fsp3) is 0.169. The molecule has 462 valence electrons. The Morgan fingerprint density at radius 3 is 1.44 bits per heavy atom. The number of carbonyl (C=O) groups is 5. The molecule has 0 atom stereocenters. The summed E-state index contributed by atoms with van der Waals surface area (Å²) in [5.41, 5.74) is 4.72. The SMILES string of the molecule is CCOC(=O)/C=C(\F)c1[nH]nc2ncccc12.CCOC(=O)/C=C(\F)c1nn(Cc2ccc(OC)cc2)c2ncccc12.COC(=O)C#Cc1nn(Cc2ccc(OC)cc2)c2ncccc12.O=C(O)/C=C(\F)c1[nH]nc2ncccc12.O=CC(F)(F)F.[Cs+].[F-]. The Balaban J connectivity index is 0.000000251. The molecule has 0 saturated carbocycles. The summed E-state index contributed by atoms with van der Waals surface area (Å²) in [6.07, 6.45) is 2.75. The number of pyridine rings is 4. The van der Waals surface area contributed by atoms with E-state index in [2.05, 4.69) is 71.8 Å². The normalized spacial score (nSPS) is 11.0. The number of aromatic amines is 2. The number of benzene rings is 2. The summed E-state index contributed by atoms with van der Waals surface area (Å²) < 4.78 is 100. The van der Waals surface area contributed by atoms with Gasteiger partial charge in [0.05, 0.1) is 71.2 Å². The van der Waals surface area contributed by atoms with E-state index in [-0.39, 0.29) is 104 Å². The van der Waals surface area contributed by atoms with Crippen LogP contribution in [0.15, 0.2) is 140 Å². The quantitative estimate of drug-likeness (QED) is 0.0351. The minimum atomic E-state index is -4.64. The van der Waals surface area contributed by atoms with Crippen LogP contribution < -0.4 is 83.1 Å². The van der Waals surface area contributed by atoms with Crippen LogP contribution in [-0.2, 0) is 51.3 Å². The third-order valence-corrected chi connectivity index (χ3v) is 11.3. The second-order valence-electron chi connectivity index (χ2n) is 17.1. The summed E-state index contributed by atoms with van der Waals surface area (Å²) in [5.74, 6) is 0.925. The Labute approximate surface area is 564 Å². The van der Waals surface area contributed by atoms with Crippen molar-refractivity contribution in [3.63, 3.8) is 0 Å². The van der Waals surface area contributed by atoms with Gasteiger partial charge in [0.15, 0.2) is 40.1 Å². The zero-order valence-electron chi connectivity index (χ0n) is 48.3. The Bertz CT molecular complexity index is 4220. The molecule has 0 bridgehead atoms. The minimum absolute atomic E-state index is 0. The van der Waals surface area contributed by atoms with Gasteiger partial charge in [-0.1, -0.05) is 24.3 Å². The molecule has 0 fully saturated rings. The number of aliphatic carboxylic acids is 1. The van der Waals surface area contributed by atoms with E-state index in [0.29, 0.717) is 63.6 Å². The predicted octanol–water partition coefficient (Wildman–Crippen LogP) is 3.31. The number of fused-ring (bicyclic) bond motifs is 4. The first-order chi connectivity index (χ1) is 42.3. The summed E-state index contributed by atoms with van der Waals surface area (Å²) in [5, 5.41) is 31.9. The van der Waals surface area contributed by atoms with Gasteiger partial charge in [0.1, 0.15) is 34.3 Å². The van der Waals surface area contributed by atoms with Gasteiger partial charge in [-0.25, -0.2) is 61.6 Å². The molecule has 0 amide bonds. The van der Waals surface area contributed by atoms with Crippen molar-refractivity contribution in [2.75, 3.05) is 34.5 Å². The Kier molecular flexibility index (Phi) is 29.2. The molecule has 0 aliphatic heterocycles. The molecule has 8 heterocycles. The molecule has 0 unspecified atom stereocenters. The Morgan fingerprint density at radius 1 is 0.600 bits per heavy atom. The number of ether oxygens (including phenoxy) is 5. The number of carboxylic acid groups (broad SMARTS) is 1. The van der Waals surface area contributed by atoms with Gasteiger partial charge in [-0.15, -0.1) is 0 Å². The predicted molar refractivity (Wildman–Crippen MR) is 306 cm³/mol. The summed E-state index contributed by atoms with van der Waals surface area (Å²) in [6.45, 7) is 4.64. The zero-order chi connectivity index (χ0) is 63.8. The first-order valence-electron chi connectivity index (χ1n) is 25.6. The molecular formula is C59H50CsF7N12O11. The molecule has 2 aromatic carbocycles. The van der Waals surface area contributed by atoms with E-state index in [1.165, 1.54) is 13.3 Å². The molecule has 0 spiro atoms. The van der Waals surface area contributed by atoms with Crippen molar-refractivity contribution in [2.24, 2.45) is 0 Å². The molecule has 90 heavy (non-hydrogen) atoms. The van der Waals surface area contributed by atoms with E-state index in [1.807, 2.05) is 60.7 Å². The number of aldehydes is 1. The van der Waals surface area contributed by atoms with E-state index in [0.717, 1.165) is 40.2 Å². The second kappa shape index (κ2) is 36.0. The van der Waals surface area contributed by atoms with Crippen molar-refractivity contribution >= 4 is 91.8 Å². The number of nitrogens with one attached hydrogen (secondary N) is 2.